The zero-order valence-corrected chi connectivity index (χ0v) is 13.4. The molecule has 22 heavy (non-hydrogen) atoms. The van der Waals surface area contributed by atoms with E-state index in [0.29, 0.717) is 11.6 Å². The maximum absolute atomic E-state index is 12.5. The van der Waals surface area contributed by atoms with Crippen LogP contribution in [0.4, 0.5) is 5.82 Å². The molecule has 1 saturated carbocycles. The van der Waals surface area contributed by atoms with Gasteiger partial charge >= 0.3 is 0 Å². The summed E-state index contributed by atoms with van der Waals surface area (Å²) in [5.41, 5.74) is 0.494. The second-order valence-electron chi connectivity index (χ2n) is 6.65. The highest BCUT2D eigenvalue weighted by Crippen LogP contribution is 2.24. The van der Waals surface area contributed by atoms with Gasteiger partial charge in [0.25, 0.3) is 5.91 Å². The summed E-state index contributed by atoms with van der Waals surface area (Å²) < 4.78 is 0. The van der Waals surface area contributed by atoms with Gasteiger partial charge in [0.1, 0.15) is 17.8 Å². The van der Waals surface area contributed by atoms with Crippen LogP contribution < -0.4 is 10.2 Å². The lowest BCUT2D eigenvalue weighted by Crippen LogP contribution is -2.41. The van der Waals surface area contributed by atoms with E-state index in [4.69, 9.17) is 0 Å². The van der Waals surface area contributed by atoms with Crippen molar-refractivity contribution in [1.82, 2.24) is 15.3 Å². The van der Waals surface area contributed by atoms with Gasteiger partial charge in [0.05, 0.1) is 0 Å². The second-order valence-corrected chi connectivity index (χ2v) is 6.65. The van der Waals surface area contributed by atoms with Gasteiger partial charge in [-0.1, -0.05) is 19.8 Å². The summed E-state index contributed by atoms with van der Waals surface area (Å²) in [7, 11) is 0. The van der Waals surface area contributed by atoms with Gasteiger partial charge in [-0.05, 0) is 38.0 Å². The molecule has 120 valence electrons. The minimum atomic E-state index is -0.0561. The van der Waals surface area contributed by atoms with E-state index in [1.165, 1.54) is 44.9 Å². The smallest absolute Gasteiger partial charge is 0.270 e. The van der Waals surface area contributed by atoms with Gasteiger partial charge in [-0.3, -0.25) is 4.79 Å². The third kappa shape index (κ3) is 3.57. The van der Waals surface area contributed by atoms with Crippen LogP contribution in [0.15, 0.2) is 12.4 Å². The zero-order chi connectivity index (χ0) is 15.4. The number of piperidine rings is 1. The second kappa shape index (κ2) is 7.07. The first-order valence-electron chi connectivity index (χ1n) is 8.62. The van der Waals surface area contributed by atoms with Crippen molar-refractivity contribution < 1.29 is 4.79 Å². The molecule has 0 bridgehead atoms. The fraction of sp³-hybridized carbons (Fsp3) is 0.706. The standard InChI is InChI=1S/C17H26N4O/c1-13-7-3-4-8-14(13)20-17(22)15-11-16(19-12-18-15)21-9-5-2-6-10-21/h11-14H,2-10H2,1H3,(H,20,22). The third-order valence-electron chi connectivity index (χ3n) is 4.99. The van der Waals surface area contributed by atoms with Crippen LogP contribution in [0.25, 0.3) is 0 Å². The molecular weight excluding hydrogens is 276 g/mol. The average molecular weight is 302 g/mol. The molecule has 1 aromatic heterocycles. The molecule has 0 spiro atoms. The molecule has 1 N–H and O–H groups in total. The van der Waals surface area contributed by atoms with E-state index in [1.54, 1.807) is 0 Å². The summed E-state index contributed by atoms with van der Waals surface area (Å²) in [5, 5.41) is 3.17. The Morgan fingerprint density at radius 2 is 1.91 bits per heavy atom. The van der Waals surface area contributed by atoms with E-state index in [9.17, 15) is 4.79 Å². The third-order valence-corrected chi connectivity index (χ3v) is 4.99. The van der Waals surface area contributed by atoms with Crippen molar-refractivity contribution in [2.75, 3.05) is 18.0 Å². The Hall–Kier alpha value is -1.65. The number of hydrogen-bond donors (Lipinski definition) is 1. The Kier molecular flexibility index (Phi) is 4.90. The molecule has 3 rings (SSSR count). The highest BCUT2D eigenvalue weighted by atomic mass is 16.1. The van der Waals surface area contributed by atoms with Gasteiger partial charge in [-0.15, -0.1) is 0 Å². The first-order chi connectivity index (χ1) is 10.7. The topological polar surface area (TPSA) is 58.1 Å². The molecule has 2 unspecified atom stereocenters. The van der Waals surface area contributed by atoms with Crippen LogP contribution in [-0.2, 0) is 0 Å². The molecule has 2 fully saturated rings. The number of aromatic nitrogens is 2. The normalized spacial score (nSPS) is 25.8. The molecule has 5 heteroatoms. The first-order valence-corrected chi connectivity index (χ1v) is 8.62. The summed E-state index contributed by atoms with van der Waals surface area (Å²) >= 11 is 0. The molecule has 1 amide bonds. The van der Waals surface area contributed by atoms with Crippen LogP contribution in [0, 0.1) is 5.92 Å². The Morgan fingerprint density at radius 1 is 1.14 bits per heavy atom. The zero-order valence-electron chi connectivity index (χ0n) is 13.4. The summed E-state index contributed by atoms with van der Waals surface area (Å²) in [6.45, 7) is 4.28. The summed E-state index contributed by atoms with van der Waals surface area (Å²) in [6.07, 6.45) is 9.97. The number of hydrogen-bond acceptors (Lipinski definition) is 4. The Morgan fingerprint density at radius 3 is 2.68 bits per heavy atom. The summed E-state index contributed by atoms with van der Waals surface area (Å²) in [6, 6.07) is 2.13. The quantitative estimate of drug-likeness (QED) is 0.933. The van der Waals surface area contributed by atoms with Crippen LogP contribution in [0.1, 0.15) is 62.4 Å². The predicted octanol–water partition coefficient (Wildman–Crippen LogP) is 2.78. The van der Waals surface area contributed by atoms with Crippen molar-refractivity contribution in [3.63, 3.8) is 0 Å². The van der Waals surface area contributed by atoms with Crippen molar-refractivity contribution >= 4 is 11.7 Å². The molecule has 0 aromatic carbocycles. The monoisotopic (exact) mass is 302 g/mol. The van der Waals surface area contributed by atoms with Crippen molar-refractivity contribution in [2.24, 2.45) is 5.92 Å². The minimum Gasteiger partial charge on any atom is -0.357 e. The minimum absolute atomic E-state index is 0.0561. The Labute approximate surface area is 132 Å². The van der Waals surface area contributed by atoms with E-state index in [-0.39, 0.29) is 11.9 Å². The fourth-order valence-corrected chi connectivity index (χ4v) is 3.54. The number of carbonyl (C=O) groups excluding carboxylic acids is 1. The van der Waals surface area contributed by atoms with E-state index in [2.05, 4.69) is 27.1 Å². The van der Waals surface area contributed by atoms with E-state index in [1.807, 2.05) is 6.07 Å². The highest BCUT2D eigenvalue weighted by Gasteiger charge is 2.24. The molecule has 1 saturated heterocycles. The SMILES string of the molecule is CC1CCCCC1NC(=O)c1cc(N2CCCCC2)ncn1. The lowest BCUT2D eigenvalue weighted by Gasteiger charge is -2.30. The number of nitrogens with zero attached hydrogens (tertiary/aromatic N) is 3. The lowest BCUT2D eigenvalue weighted by molar-refractivity contribution is 0.0905. The number of amides is 1. The van der Waals surface area contributed by atoms with Crippen LogP contribution >= 0.6 is 0 Å². The molecule has 2 atom stereocenters. The number of nitrogens with one attached hydrogen (secondary N) is 1. The van der Waals surface area contributed by atoms with Crippen molar-refractivity contribution in [3.8, 4) is 0 Å². The van der Waals surface area contributed by atoms with Crippen molar-refractivity contribution in [3.05, 3.63) is 18.1 Å². The van der Waals surface area contributed by atoms with Gasteiger partial charge in [0, 0.05) is 25.2 Å². The van der Waals surface area contributed by atoms with Crippen molar-refractivity contribution in [1.29, 1.82) is 0 Å². The first kappa shape index (κ1) is 15.3. The highest BCUT2D eigenvalue weighted by molar-refractivity contribution is 5.93. The van der Waals surface area contributed by atoms with Crippen LogP contribution in [0.5, 0.6) is 0 Å². The maximum Gasteiger partial charge on any atom is 0.270 e. The van der Waals surface area contributed by atoms with E-state index in [0.717, 1.165) is 25.3 Å². The van der Waals surface area contributed by atoms with Crippen LogP contribution in [0.2, 0.25) is 0 Å². The van der Waals surface area contributed by atoms with Crippen LogP contribution in [-0.4, -0.2) is 35.0 Å². The number of anilines is 1. The van der Waals surface area contributed by atoms with E-state index < -0.39 is 0 Å². The molecule has 1 aromatic rings. The summed E-state index contributed by atoms with van der Waals surface area (Å²) in [4.78, 5) is 23.2. The predicted molar refractivity (Wildman–Crippen MR) is 87.0 cm³/mol. The van der Waals surface area contributed by atoms with Crippen molar-refractivity contribution in [2.45, 2.75) is 57.9 Å². The Balaban J connectivity index is 1.67. The number of carbonyl (C=O) groups is 1. The Bertz CT molecular complexity index is 513. The fourth-order valence-electron chi connectivity index (χ4n) is 3.54. The molecule has 2 aliphatic rings. The molecule has 0 radical (unpaired) electrons. The molecular formula is C17H26N4O. The van der Waals surface area contributed by atoms with Gasteiger partial charge in [-0.2, -0.15) is 0 Å². The van der Waals surface area contributed by atoms with Gasteiger partial charge in [-0.25, -0.2) is 9.97 Å². The molecule has 1 aliphatic carbocycles. The largest absolute Gasteiger partial charge is 0.357 e. The maximum atomic E-state index is 12.5. The molecule has 2 heterocycles. The lowest BCUT2D eigenvalue weighted by atomic mass is 9.86. The average Bonchev–Trinajstić information content (AvgIpc) is 2.58. The summed E-state index contributed by atoms with van der Waals surface area (Å²) in [5.74, 6) is 1.39. The molecule has 5 nitrogen and oxygen atoms in total. The van der Waals surface area contributed by atoms with Gasteiger partial charge < -0.3 is 10.2 Å². The molecule has 1 aliphatic heterocycles. The number of rotatable bonds is 3. The van der Waals surface area contributed by atoms with Crippen LogP contribution in [0.3, 0.4) is 0 Å². The van der Waals surface area contributed by atoms with E-state index >= 15 is 0 Å². The van der Waals surface area contributed by atoms with Gasteiger partial charge in [0.15, 0.2) is 0 Å². The van der Waals surface area contributed by atoms with Gasteiger partial charge in [0.2, 0.25) is 0 Å².